The fraction of sp³-hybridized carbons (Fsp3) is 0.364. The summed E-state index contributed by atoms with van der Waals surface area (Å²) in [4.78, 5) is 27.1. The Morgan fingerprint density at radius 2 is 1.84 bits per heavy atom. The fourth-order valence-corrected chi connectivity index (χ4v) is 5.27. The number of rotatable bonds is 7. The molecule has 0 aliphatic carbocycles. The molecule has 31 heavy (non-hydrogen) atoms. The second-order valence-electron chi connectivity index (χ2n) is 7.15. The fourth-order valence-electron chi connectivity index (χ4n) is 3.59. The van der Waals surface area contributed by atoms with Crippen LogP contribution in [-0.2, 0) is 26.0 Å². The maximum atomic E-state index is 12.9. The Labute approximate surface area is 187 Å². The Morgan fingerprint density at radius 1 is 1.16 bits per heavy atom. The van der Waals surface area contributed by atoms with Crippen LogP contribution < -0.4 is 4.90 Å². The van der Waals surface area contributed by atoms with Crippen molar-refractivity contribution in [3.8, 4) is 0 Å². The molecule has 0 spiro atoms. The van der Waals surface area contributed by atoms with E-state index < -0.39 is 22.1 Å². The highest BCUT2D eigenvalue weighted by atomic mass is 35.5. The lowest BCUT2D eigenvalue weighted by atomic mass is 10.2. The van der Waals surface area contributed by atoms with Crippen molar-refractivity contribution < 1.29 is 22.7 Å². The summed E-state index contributed by atoms with van der Waals surface area (Å²) >= 11 is 6.14. The van der Waals surface area contributed by atoms with Crippen molar-refractivity contribution in [2.45, 2.75) is 38.2 Å². The summed E-state index contributed by atoms with van der Waals surface area (Å²) in [6, 6.07) is 11.5. The van der Waals surface area contributed by atoms with E-state index in [-0.39, 0.29) is 21.4 Å². The molecule has 7 nitrogen and oxygen atoms in total. The summed E-state index contributed by atoms with van der Waals surface area (Å²) in [5, 5.41) is 0.0506. The molecule has 0 fully saturated rings. The molecule has 1 heterocycles. The number of hydrogen-bond donors (Lipinski definition) is 0. The topological polar surface area (TPSA) is 84.0 Å². The lowest BCUT2D eigenvalue weighted by Gasteiger charge is -2.22. The largest absolute Gasteiger partial charge is 0.449 e. The second-order valence-corrected chi connectivity index (χ2v) is 9.49. The van der Waals surface area contributed by atoms with E-state index in [0.29, 0.717) is 19.6 Å². The Kier molecular flexibility index (Phi) is 7.03. The molecule has 0 aromatic heterocycles. The van der Waals surface area contributed by atoms with Gasteiger partial charge >= 0.3 is 5.97 Å². The van der Waals surface area contributed by atoms with E-state index in [1.54, 1.807) is 18.7 Å². The minimum Gasteiger partial charge on any atom is -0.449 e. The molecule has 2 aromatic carbocycles. The van der Waals surface area contributed by atoms with Crippen LogP contribution in [0.5, 0.6) is 0 Å². The summed E-state index contributed by atoms with van der Waals surface area (Å²) in [5.41, 5.74) is 1.77. The maximum absolute atomic E-state index is 12.9. The Hall–Kier alpha value is -2.42. The van der Waals surface area contributed by atoms with Gasteiger partial charge in [0.1, 0.15) is 0 Å². The highest BCUT2D eigenvalue weighted by Gasteiger charge is 2.31. The van der Waals surface area contributed by atoms with Crippen molar-refractivity contribution in [1.82, 2.24) is 4.31 Å². The van der Waals surface area contributed by atoms with Gasteiger partial charge in [-0.3, -0.25) is 4.79 Å². The molecule has 3 rings (SSSR count). The number of ether oxygens (including phenoxy) is 1. The molecule has 0 unspecified atom stereocenters. The van der Waals surface area contributed by atoms with Gasteiger partial charge in [-0.05, 0) is 43.2 Å². The van der Waals surface area contributed by atoms with E-state index in [4.69, 9.17) is 16.3 Å². The average molecular weight is 465 g/mol. The molecule has 0 N–H and O–H groups in total. The van der Waals surface area contributed by atoms with Gasteiger partial charge in [0, 0.05) is 25.3 Å². The summed E-state index contributed by atoms with van der Waals surface area (Å²) in [7, 11) is -3.77. The highest BCUT2D eigenvalue weighted by molar-refractivity contribution is 7.89. The van der Waals surface area contributed by atoms with E-state index in [1.165, 1.54) is 29.4 Å². The van der Waals surface area contributed by atoms with Crippen LogP contribution in [0.3, 0.4) is 0 Å². The smallest absolute Gasteiger partial charge is 0.340 e. The number of anilines is 1. The second kappa shape index (κ2) is 9.38. The van der Waals surface area contributed by atoms with Crippen LogP contribution in [0, 0.1) is 0 Å². The zero-order valence-corrected chi connectivity index (χ0v) is 19.2. The van der Waals surface area contributed by atoms with E-state index >= 15 is 0 Å². The van der Waals surface area contributed by atoms with Crippen molar-refractivity contribution in [2.24, 2.45) is 0 Å². The first kappa shape index (κ1) is 23.2. The zero-order valence-electron chi connectivity index (χ0n) is 17.7. The molecule has 0 bridgehead atoms. The molecule has 0 saturated carbocycles. The number of fused-ring (bicyclic) bond motifs is 1. The Bertz CT molecular complexity index is 1100. The van der Waals surface area contributed by atoms with Crippen molar-refractivity contribution >= 4 is 39.2 Å². The first-order chi connectivity index (χ1) is 14.7. The van der Waals surface area contributed by atoms with Gasteiger partial charge in [0.2, 0.25) is 10.0 Å². The number of carbonyl (C=O) groups is 2. The van der Waals surface area contributed by atoms with Gasteiger partial charge in [0.25, 0.3) is 5.91 Å². The number of sulfonamides is 1. The molecule has 1 amide bonds. The quantitative estimate of drug-likeness (QED) is 0.585. The molecular formula is C22H25ClN2O5S. The first-order valence-corrected chi connectivity index (χ1v) is 11.9. The van der Waals surface area contributed by atoms with Crippen molar-refractivity contribution in [2.75, 3.05) is 24.5 Å². The molecule has 9 heteroatoms. The summed E-state index contributed by atoms with van der Waals surface area (Å²) in [6.07, 6.45) is -0.322. The van der Waals surface area contributed by atoms with Gasteiger partial charge in [-0.1, -0.05) is 43.6 Å². The van der Waals surface area contributed by atoms with Gasteiger partial charge in [-0.25, -0.2) is 13.2 Å². The van der Waals surface area contributed by atoms with Crippen LogP contribution in [0.4, 0.5) is 5.69 Å². The minimum atomic E-state index is -3.77. The molecule has 0 saturated heterocycles. The molecular weight excluding hydrogens is 440 g/mol. The maximum Gasteiger partial charge on any atom is 0.340 e. The average Bonchev–Trinajstić information content (AvgIpc) is 3.18. The third-order valence-electron chi connectivity index (χ3n) is 5.29. The lowest BCUT2D eigenvalue weighted by Crippen LogP contribution is -2.39. The highest BCUT2D eigenvalue weighted by Crippen LogP contribution is 2.29. The predicted molar refractivity (Wildman–Crippen MR) is 119 cm³/mol. The lowest BCUT2D eigenvalue weighted by molar-refractivity contribution is -0.126. The zero-order chi connectivity index (χ0) is 22.8. The Morgan fingerprint density at radius 3 is 2.52 bits per heavy atom. The Balaban J connectivity index is 1.80. The molecule has 0 radical (unpaired) electrons. The molecule has 1 atom stereocenters. The molecule has 1 aliphatic rings. The van der Waals surface area contributed by atoms with Gasteiger partial charge in [-0.15, -0.1) is 0 Å². The van der Waals surface area contributed by atoms with Crippen LogP contribution in [-0.4, -0.2) is 50.3 Å². The van der Waals surface area contributed by atoms with Crippen molar-refractivity contribution in [3.63, 3.8) is 0 Å². The number of carbonyl (C=O) groups excluding carboxylic acids is 2. The molecule has 1 aliphatic heterocycles. The first-order valence-electron chi connectivity index (χ1n) is 10.1. The number of para-hydroxylation sites is 1. The predicted octanol–water partition coefficient (Wildman–Crippen LogP) is 3.51. The summed E-state index contributed by atoms with van der Waals surface area (Å²) < 4.78 is 32.2. The van der Waals surface area contributed by atoms with Gasteiger partial charge in [0.05, 0.1) is 15.5 Å². The third kappa shape index (κ3) is 4.61. The minimum absolute atomic E-state index is 0.0506. The monoisotopic (exact) mass is 464 g/mol. The number of amides is 1. The normalized spacial score (nSPS) is 14.4. The van der Waals surface area contributed by atoms with Gasteiger partial charge < -0.3 is 9.64 Å². The van der Waals surface area contributed by atoms with Crippen LogP contribution >= 0.6 is 11.6 Å². The molecule has 2 aromatic rings. The third-order valence-corrected chi connectivity index (χ3v) is 7.66. The van der Waals surface area contributed by atoms with Gasteiger partial charge in [-0.2, -0.15) is 4.31 Å². The van der Waals surface area contributed by atoms with Gasteiger partial charge in [0.15, 0.2) is 6.10 Å². The SMILES string of the molecule is CCN(CC)S(=O)(=O)c1ccc(Cl)c(C(=O)O[C@H](C)C(=O)N2CCc3ccccc32)c1. The van der Waals surface area contributed by atoms with Crippen LogP contribution in [0.2, 0.25) is 5.02 Å². The summed E-state index contributed by atoms with van der Waals surface area (Å²) in [5.74, 6) is -1.20. The van der Waals surface area contributed by atoms with Crippen LogP contribution in [0.15, 0.2) is 47.4 Å². The van der Waals surface area contributed by atoms with Crippen molar-refractivity contribution in [3.05, 3.63) is 58.6 Å². The van der Waals surface area contributed by atoms with Crippen LogP contribution in [0.25, 0.3) is 0 Å². The van der Waals surface area contributed by atoms with E-state index in [1.807, 2.05) is 24.3 Å². The number of benzene rings is 2. The number of halogens is 1. The number of esters is 1. The van der Waals surface area contributed by atoms with E-state index in [2.05, 4.69) is 0 Å². The van der Waals surface area contributed by atoms with Crippen molar-refractivity contribution in [1.29, 1.82) is 0 Å². The molecule has 166 valence electrons. The summed E-state index contributed by atoms with van der Waals surface area (Å²) in [6.45, 7) is 6.06. The van der Waals surface area contributed by atoms with E-state index in [9.17, 15) is 18.0 Å². The number of nitrogens with zero attached hydrogens (tertiary/aromatic N) is 2. The number of hydrogen-bond acceptors (Lipinski definition) is 5. The van der Waals surface area contributed by atoms with E-state index in [0.717, 1.165) is 17.7 Å². The standard InChI is InChI=1S/C22H25ClN2O5S/c1-4-24(5-2)31(28,29)17-10-11-19(23)18(14-17)22(27)30-15(3)21(26)25-13-12-16-8-6-7-9-20(16)25/h6-11,14-15H,4-5,12-13H2,1-3H3/t15-/m1/s1. The van der Waals surface area contributed by atoms with Crippen LogP contribution in [0.1, 0.15) is 36.7 Å².